The van der Waals surface area contributed by atoms with Crippen LogP contribution < -0.4 is 10.2 Å². The van der Waals surface area contributed by atoms with Crippen LogP contribution in [-0.2, 0) is 6.54 Å². The molecule has 2 aromatic carbocycles. The molecule has 0 aromatic heterocycles. The third kappa shape index (κ3) is 2.20. The van der Waals surface area contributed by atoms with Crippen molar-refractivity contribution < 1.29 is 9.72 Å². The number of aryl methyl sites for hydroxylation is 1. The van der Waals surface area contributed by atoms with Gasteiger partial charge < -0.3 is 5.32 Å². The molecule has 0 saturated carbocycles. The van der Waals surface area contributed by atoms with Gasteiger partial charge in [0.1, 0.15) is 0 Å². The zero-order chi connectivity index (χ0) is 15.0. The number of carbonyl (C=O) groups excluding carboxylic acids is 1. The van der Waals surface area contributed by atoms with E-state index >= 15 is 0 Å². The Hall–Kier alpha value is -2.89. The number of amides is 2. The van der Waals surface area contributed by atoms with Crippen LogP contribution in [-0.4, -0.2) is 11.0 Å². The van der Waals surface area contributed by atoms with Crippen LogP contribution in [0.15, 0.2) is 42.5 Å². The first-order chi connectivity index (χ1) is 10.1. The van der Waals surface area contributed by atoms with Crippen molar-refractivity contribution in [3.63, 3.8) is 0 Å². The molecular formula is C15H13N3O3. The van der Waals surface area contributed by atoms with Crippen molar-refractivity contribution >= 4 is 23.1 Å². The molecule has 0 bridgehead atoms. The van der Waals surface area contributed by atoms with Gasteiger partial charge in [0.2, 0.25) is 0 Å². The Morgan fingerprint density at radius 3 is 2.67 bits per heavy atom. The molecule has 3 rings (SSSR count). The van der Waals surface area contributed by atoms with Gasteiger partial charge >= 0.3 is 6.03 Å². The summed E-state index contributed by atoms with van der Waals surface area (Å²) in [6.45, 7) is 2.21. The molecule has 6 heteroatoms. The normalized spacial score (nSPS) is 13.6. The summed E-state index contributed by atoms with van der Waals surface area (Å²) in [6, 6.07) is 11.8. The highest BCUT2D eigenvalue weighted by Crippen LogP contribution is 2.35. The molecule has 1 N–H and O–H groups in total. The topological polar surface area (TPSA) is 75.5 Å². The largest absolute Gasteiger partial charge is 0.333 e. The van der Waals surface area contributed by atoms with Crippen LogP contribution in [0.4, 0.5) is 21.9 Å². The van der Waals surface area contributed by atoms with Crippen molar-refractivity contribution in [3.8, 4) is 0 Å². The van der Waals surface area contributed by atoms with Gasteiger partial charge in [0.05, 0.1) is 16.3 Å². The first kappa shape index (κ1) is 13.1. The lowest BCUT2D eigenvalue weighted by Gasteiger charge is -2.30. The standard InChI is InChI=1S/C15H13N3O3/c1-10-4-2-3-5-13(10)17-14-7-6-12(18(20)21)8-11(14)9-16-15(17)19/h2-8H,9H2,1H3,(H,16,19). The summed E-state index contributed by atoms with van der Waals surface area (Å²) >= 11 is 0. The number of anilines is 2. The summed E-state index contributed by atoms with van der Waals surface area (Å²) in [4.78, 5) is 24.2. The van der Waals surface area contributed by atoms with Crippen molar-refractivity contribution in [3.05, 3.63) is 63.7 Å². The molecule has 106 valence electrons. The van der Waals surface area contributed by atoms with Gasteiger partial charge in [-0.15, -0.1) is 0 Å². The molecule has 0 spiro atoms. The van der Waals surface area contributed by atoms with Crippen molar-refractivity contribution in [1.82, 2.24) is 5.32 Å². The fraction of sp³-hybridized carbons (Fsp3) is 0.133. The fourth-order valence-electron chi connectivity index (χ4n) is 2.46. The number of hydrogen-bond acceptors (Lipinski definition) is 3. The van der Waals surface area contributed by atoms with Gasteiger partial charge in [-0.1, -0.05) is 18.2 Å². The molecule has 0 atom stereocenters. The Morgan fingerprint density at radius 2 is 1.95 bits per heavy atom. The molecule has 0 saturated heterocycles. The third-order valence-corrected chi connectivity index (χ3v) is 3.50. The minimum absolute atomic E-state index is 0.0228. The van der Waals surface area contributed by atoms with E-state index in [2.05, 4.69) is 5.32 Å². The quantitative estimate of drug-likeness (QED) is 0.679. The maximum atomic E-state index is 12.2. The summed E-state index contributed by atoms with van der Waals surface area (Å²) in [6.07, 6.45) is 0. The Bertz CT molecular complexity index is 743. The molecule has 0 unspecified atom stereocenters. The number of nitro benzene ring substituents is 1. The zero-order valence-electron chi connectivity index (χ0n) is 11.4. The van der Waals surface area contributed by atoms with Gasteiger partial charge in [-0.2, -0.15) is 0 Å². The van der Waals surface area contributed by atoms with E-state index in [0.717, 1.165) is 16.8 Å². The molecule has 21 heavy (non-hydrogen) atoms. The molecule has 6 nitrogen and oxygen atoms in total. The van der Waals surface area contributed by atoms with Crippen LogP contribution >= 0.6 is 0 Å². The number of benzene rings is 2. The van der Waals surface area contributed by atoms with Crippen molar-refractivity contribution in [2.45, 2.75) is 13.5 Å². The van der Waals surface area contributed by atoms with Gasteiger partial charge in [-0.25, -0.2) is 4.79 Å². The maximum absolute atomic E-state index is 12.2. The lowest BCUT2D eigenvalue weighted by Crippen LogP contribution is -2.41. The molecule has 2 amide bonds. The third-order valence-electron chi connectivity index (χ3n) is 3.50. The summed E-state index contributed by atoms with van der Waals surface area (Å²) in [5.41, 5.74) is 3.16. The predicted octanol–water partition coefficient (Wildman–Crippen LogP) is 3.26. The monoisotopic (exact) mass is 283 g/mol. The van der Waals surface area contributed by atoms with Crippen molar-refractivity contribution in [2.75, 3.05) is 4.90 Å². The van der Waals surface area contributed by atoms with Gasteiger partial charge in [0, 0.05) is 24.2 Å². The minimum Gasteiger partial charge on any atom is -0.333 e. The Labute approximate surface area is 121 Å². The van der Waals surface area contributed by atoms with Crippen molar-refractivity contribution in [1.29, 1.82) is 0 Å². The number of nitrogens with one attached hydrogen (secondary N) is 1. The van der Waals surface area contributed by atoms with Crippen LogP contribution in [0.1, 0.15) is 11.1 Å². The molecule has 2 aromatic rings. The second kappa shape index (κ2) is 4.90. The van der Waals surface area contributed by atoms with E-state index in [0.29, 0.717) is 5.69 Å². The summed E-state index contributed by atoms with van der Waals surface area (Å²) in [5.74, 6) is 0. The van der Waals surface area contributed by atoms with E-state index in [1.54, 1.807) is 11.0 Å². The van der Waals surface area contributed by atoms with Crippen LogP contribution in [0.3, 0.4) is 0 Å². The first-order valence-electron chi connectivity index (χ1n) is 6.49. The second-order valence-electron chi connectivity index (χ2n) is 4.85. The maximum Gasteiger partial charge on any atom is 0.326 e. The van der Waals surface area contributed by atoms with Crippen LogP contribution in [0.2, 0.25) is 0 Å². The molecule has 1 aliphatic heterocycles. The first-order valence-corrected chi connectivity index (χ1v) is 6.49. The summed E-state index contributed by atoms with van der Waals surface area (Å²) < 4.78 is 0. The number of para-hydroxylation sites is 1. The Kier molecular flexibility index (Phi) is 3.06. The highest BCUT2D eigenvalue weighted by atomic mass is 16.6. The number of hydrogen-bond donors (Lipinski definition) is 1. The molecule has 1 aliphatic rings. The summed E-state index contributed by atoms with van der Waals surface area (Å²) in [7, 11) is 0. The van der Waals surface area contributed by atoms with Crippen LogP contribution in [0.5, 0.6) is 0 Å². The number of carbonyl (C=O) groups is 1. The van der Waals surface area contributed by atoms with E-state index in [9.17, 15) is 14.9 Å². The molecule has 0 radical (unpaired) electrons. The molecule has 1 heterocycles. The predicted molar refractivity (Wildman–Crippen MR) is 78.7 cm³/mol. The SMILES string of the molecule is Cc1ccccc1N1C(=O)NCc2cc([N+](=O)[O-])ccc21. The summed E-state index contributed by atoms with van der Waals surface area (Å²) in [5, 5.41) is 13.6. The van der Waals surface area contributed by atoms with E-state index in [-0.39, 0.29) is 18.3 Å². The van der Waals surface area contributed by atoms with Gasteiger partial charge in [-0.05, 0) is 24.6 Å². The minimum atomic E-state index is -0.436. The number of nitrogens with zero attached hydrogens (tertiary/aromatic N) is 2. The number of rotatable bonds is 2. The average molecular weight is 283 g/mol. The molecule has 0 aliphatic carbocycles. The van der Waals surface area contributed by atoms with Gasteiger partial charge in [0.15, 0.2) is 0 Å². The lowest BCUT2D eigenvalue weighted by molar-refractivity contribution is -0.384. The van der Waals surface area contributed by atoms with E-state index in [4.69, 9.17) is 0 Å². The number of non-ortho nitro benzene ring substituents is 1. The smallest absolute Gasteiger partial charge is 0.326 e. The van der Waals surface area contributed by atoms with Crippen LogP contribution in [0, 0.1) is 17.0 Å². The van der Waals surface area contributed by atoms with E-state index in [1.807, 2.05) is 31.2 Å². The van der Waals surface area contributed by atoms with Crippen LogP contribution in [0.25, 0.3) is 0 Å². The zero-order valence-corrected chi connectivity index (χ0v) is 11.4. The van der Waals surface area contributed by atoms with Crippen molar-refractivity contribution in [2.24, 2.45) is 0 Å². The highest BCUT2D eigenvalue weighted by molar-refractivity contribution is 6.02. The Balaban J connectivity index is 2.14. The second-order valence-corrected chi connectivity index (χ2v) is 4.85. The average Bonchev–Trinajstić information content (AvgIpc) is 2.48. The van der Waals surface area contributed by atoms with Gasteiger partial charge in [0.25, 0.3) is 5.69 Å². The van der Waals surface area contributed by atoms with E-state index in [1.165, 1.54) is 12.1 Å². The number of nitro groups is 1. The lowest BCUT2D eigenvalue weighted by atomic mass is 10.1. The molecular weight excluding hydrogens is 270 g/mol. The number of fused-ring (bicyclic) bond motifs is 1. The Morgan fingerprint density at radius 1 is 1.19 bits per heavy atom. The van der Waals surface area contributed by atoms with E-state index < -0.39 is 4.92 Å². The molecule has 0 fully saturated rings. The number of urea groups is 1. The highest BCUT2D eigenvalue weighted by Gasteiger charge is 2.27. The van der Waals surface area contributed by atoms with Gasteiger partial charge in [-0.3, -0.25) is 15.0 Å². The fourth-order valence-corrected chi connectivity index (χ4v) is 2.46.